The van der Waals surface area contributed by atoms with Gasteiger partial charge in [0.1, 0.15) is 0 Å². The minimum atomic E-state index is -0.560. The van der Waals surface area contributed by atoms with Crippen LogP contribution in [0.4, 0.5) is 38.0 Å². The topological polar surface area (TPSA) is 111 Å². The molecule has 0 radical (unpaired) electrons. The first-order valence-electron chi connectivity index (χ1n) is 11.4. The maximum absolute atomic E-state index is 12.7. The summed E-state index contributed by atoms with van der Waals surface area (Å²) < 4.78 is 0. The van der Waals surface area contributed by atoms with Crippen molar-refractivity contribution in [2.75, 3.05) is 26.6 Å². The Kier molecular flexibility index (Phi) is 8.47. The molecule has 0 bridgehead atoms. The van der Waals surface area contributed by atoms with Gasteiger partial charge in [-0.2, -0.15) is 0 Å². The van der Waals surface area contributed by atoms with E-state index in [4.69, 9.17) is 23.2 Å². The van der Waals surface area contributed by atoms with Crippen LogP contribution < -0.4 is 26.6 Å². The van der Waals surface area contributed by atoms with Gasteiger partial charge in [-0.3, -0.25) is 4.79 Å². The summed E-state index contributed by atoms with van der Waals surface area (Å²) in [6.45, 7) is 1.93. The number of rotatable bonds is 6. The average Bonchev–Trinajstić information content (AvgIpc) is 2.88. The molecule has 4 aromatic carbocycles. The van der Waals surface area contributed by atoms with Gasteiger partial charge in [-0.1, -0.05) is 40.9 Å². The highest BCUT2D eigenvalue weighted by molar-refractivity contribution is 6.31. The van der Waals surface area contributed by atoms with Crippen LogP contribution in [0.15, 0.2) is 91.0 Å². The number of carbonyl (C=O) groups is 3. The molecular weight excluding hydrogens is 525 g/mol. The second-order valence-electron chi connectivity index (χ2n) is 8.25. The smallest absolute Gasteiger partial charge is 0.322 e. The zero-order chi connectivity index (χ0) is 27.1. The molecular formula is C28H23Cl2N5O3. The number of nitrogens with one attached hydrogen (secondary N) is 5. The molecule has 4 aromatic rings. The molecule has 5 amide bonds. The van der Waals surface area contributed by atoms with E-state index in [0.717, 1.165) is 5.56 Å². The van der Waals surface area contributed by atoms with Crippen LogP contribution in [0.5, 0.6) is 0 Å². The molecule has 5 N–H and O–H groups in total. The first kappa shape index (κ1) is 26.5. The predicted octanol–water partition coefficient (Wildman–Crippen LogP) is 7.84. The van der Waals surface area contributed by atoms with Gasteiger partial charge >= 0.3 is 12.1 Å². The highest BCUT2D eigenvalue weighted by Gasteiger charge is 2.13. The Labute approximate surface area is 229 Å². The van der Waals surface area contributed by atoms with E-state index < -0.39 is 12.1 Å². The molecule has 0 aliphatic rings. The minimum absolute atomic E-state index is 0.254. The molecule has 0 unspecified atom stereocenters. The lowest BCUT2D eigenvalue weighted by molar-refractivity contribution is 0.102. The molecule has 0 saturated carbocycles. The summed E-state index contributed by atoms with van der Waals surface area (Å²) in [7, 11) is 0. The summed E-state index contributed by atoms with van der Waals surface area (Å²) in [5.41, 5.74) is 3.54. The number of hydrogen-bond acceptors (Lipinski definition) is 3. The summed E-state index contributed by atoms with van der Waals surface area (Å²) >= 11 is 11.8. The van der Waals surface area contributed by atoms with Crippen molar-refractivity contribution in [2.45, 2.75) is 6.92 Å². The van der Waals surface area contributed by atoms with Crippen LogP contribution in [0.2, 0.25) is 10.0 Å². The van der Waals surface area contributed by atoms with E-state index in [-0.39, 0.29) is 11.6 Å². The largest absolute Gasteiger partial charge is 0.323 e. The van der Waals surface area contributed by atoms with Gasteiger partial charge in [0.15, 0.2) is 0 Å². The highest BCUT2D eigenvalue weighted by atomic mass is 35.5. The SMILES string of the molecule is Cc1ccc(C(=O)Nc2ccc(NC(=O)Nc3ccc(Cl)cc3)c(NC(=O)Nc3ccc(Cl)cc3)c2)cc1. The molecule has 0 heterocycles. The summed E-state index contributed by atoms with van der Waals surface area (Å²) in [5.74, 6) is -0.317. The Morgan fingerprint density at radius 1 is 0.526 bits per heavy atom. The molecule has 8 nitrogen and oxygen atoms in total. The Hall–Kier alpha value is -4.53. The summed E-state index contributed by atoms with van der Waals surface area (Å²) in [4.78, 5) is 38.1. The lowest BCUT2D eigenvalue weighted by Gasteiger charge is -2.16. The fourth-order valence-electron chi connectivity index (χ4n) is 3.38. The standard InChI is InChI=1S/C28H23Cl2N5O3/c1-17-2-4-18(5-3-17)26(36)31-23-14-15-24(34-27(37)32-21-10-6-19(29)7-11-21)25(16-23)35-28(38)33-22-12-8-20(30)9-13-22/h2-16H,1H3,(H,31,36)(H2,32,34,37)(H2,33,35,38). The number of hydrogen-bond donors (Lipinski definition) is 5. The van der Waals surface area contributed by atoms with E-state index in [0.29, 0.717) is 38.4 Å². The van der Waals surface area contributed by atoms with Crippen LogP contribution in [0.25, 0.3) is 0 Å². The molecule has 10 heteroatoms. The second-order valence-corrected chi connectivity index (χ2v) is 9.13. The average molecular weight is 548 g/mol. The van der Waals surface area contributed by atoms with Gasteiger partial charge < -0.3 is 26.6 Å². The first-order valence-corrected chi connectivity index (χ1v) is 12.2. The van der Waals surface area contributed by atoms with Crippen molar-refractivity contribution in [1.29, 1.82) is 0 Å². The molecule has 0 fully saturated rings. The zero-order valence-electron chi connectivity index (χ0n) is 20.1. The Morgan fingerprint density at radius 2 is 1.00 bits per heavy atom. The van der Waals surface area contributed by atoms with Gasteiger partial charge in [0.2, 0.25) is 0 Å². The van der Waals surface area contributed by atoms with E-state index in [2.05, 4.69) is 26.6 Å². The van der Waals surface area contributed by atoms with Gasteiger partial charge in [-0.05, 0) is 85.8 Å². The third kappa shape index (κ3) is 7.49. The monoisotopic (exact) mass is 547 g/mol. The van der Waals surface area contributed by atoms with E-state index in [9.17, 15) is 14.4 Å². The van der Waals surface area contributed by atoms with Gasteiger partial charge in [-0.25, -0.2) is 9.59 Å². The molecule has 192 valence electrons. The van der Waals surface area contributed by atoms with E-state index in [1.807, 2.05) is 19.1 Å². The quantitative estimate of drug-likeness (QED) is 0.169. The molecule has 38 heavy (non-hydrogen) atoms. The van der Waals surface area contributed by atoms with Crippen LogP contribution in [0.3, 0.4) is 0 Å². The maximum Gasteiger partial charge on any atom is 0.323 e. The van der Waals surface area contributed by atoms with Crippen LogP contribution in [0.1, 0.15) is 15.9 Å². The number of anilines is 5. The molecule has 0 atom stereocenters. The van der Waals surface area contributed by atoms with Crippen molar-refractivity contribution >= 4 is 69.6 Å². The summed E-state index contributed by atoms with van der Waals surface area (Å²) in [6.07, 6.45) is 0. The Bertz CT molecular complexity index is 1460. The van der Waals surface area contributed by atoms with Crippen LogP contribution in [-0.2, 0) is 0 Å². The second kappa shape index (κ2) is 12.1. The molecule has 0 aliphatic heterocycles. The number of benzene rings is 4. The van der Waals surface area contributed by atoms with E-state index >= 15 is 0 Å². The van der Waals surface area contributed by atoms with Crippen LogP contribution >= 0.6 is 23.2 Å². The fraction of sp³-hybridized carbons (Fsp3) is 0.0357. The number of urea groups is 2. The van der Waals surface area contributed by atoms with Crippen molar-refractivity contribution in [2.24, 2.45) is 0 Å². The molecule has 0 spiro atoms. The van der Waals surface area contributed by atoms with Crippen LogP contribution in [-0.4, -0.2) is 18.0 Å². The van der Waals surface area contributed by atoms with Crippen molar-refractivity contribution in [3.63, 3.8) is 0 Å². The van der Waals surface area contributed by atoms with Gasteiger partial charge in [-0.15, -0.1) is 0 Å². The highest BCUT2D eigenvalue weighted by Crippen LogP contribution is 2.27. The Morgan fingerprint density at radius 3 is 1.53 bits per heavy atom. The van der Waals surface area contributed by atoms with Crippen molar-refractivity contribution < 1.29 is 14.4 Å². The molecule has 0 aliphatic carbocycles. The van der Waals surface area contributed by atoms with Gasteiger partial charge in [0.25, 0.3) is 5.91 Å². The normalized spacial score (nSPS) is 10.3. The molecule has 0 saturated heterocycles. The number of amides is 5. The third-order valence-corrected chi connectivity index (χ3v) is 5.80. The summed E-state index contributed by atoms with van der Waals surface area (Å²) in [6, 6.07) is 24.0. The number of halogens is 2. The van der Waals surface area contributed by atoms with Gasteiger partial charge in [0.05, 0.1) is 11.4 Å². The van der Waals surface area contributed by atoms with E-state index in [1.165, 1.54) is 0 Å². The maximum atomic E-state index is 12.7. The van der Waals surface area contributed by atoms with E-state index in [1.54, 1.807) is 78.9 Å². The fourth-order valence-corrected chi connectivity index (χ4v) is 3.63. The number of aryl methyl sites for hydroxylation is 1. The molecule has 4 rings (SSSR count). The van der Waals surface area contributed by atoms with Crippen molar-refractivity contribution in [3.05, 3.63) is 112 Å². The van der Waals surface area contributed by atoms with Crippen molar-refractivity contribution in [3.8, 4) is 0 Å². The zero-order valence-corrected chi connectivity index (χ0v) is 21.7. The van der Waals surface area contributed by atoms with Crippen LogP contribution in [0, 0.1) is 6.92 Å². The Balaban J connectivity index is 1.53. The number of carbonyl (C=O) groups excluding carboxylic acids is 3. The lowest BCUT2D eigenvalue weighted by atomic mass is 10.1. The third-order valence-electron chi connectivity index (χ3n) is 5.29. The van der Waals surface area contributed by atoms with Crippen molar-refractivity contribution in [1.82, 2.24) is 0 Å². The predicted molar refractivity (Wildman–Crippen MR) is 154 cm³/mol. The minimum Gasteiger partial charge on any atom is -0.322 e. The van der Waals surface area contributed by atoms with Gasteiger partial charge in [0, 0.05) is 32.7 Å². The lowest BCUT2D eigenvalue weighted by Crippen LogP contribution is -2.23. The first-order chi connectivity index (χ1) is 18.2. The molecule has 0 aromatic heterocycles. The summed E-state index contributed by atoms with van der Waals surface area (Å²) in [5, 5.41) is 14.7.